The van der Waals surface area contributed by atoms with Gasteiger partial charge in [-0.05, 0) is 38.8 Å². The molecule has 2 bridgehead atoms. The predicted octanol–water partition coefficient (Wildman–Crippen LogP) is 4.28. The molecule has 5 fully saturated rings. The topological polar surface area (TPSA) is 148 Å². The van der Waals surface area contributed by atoms with Gasteiger partial charge >= 0.3 is 23.9 Å². The number of hydrogen-bond acceptors (Lipinski definition) is 11. The van der Waals surface area contributed by atoms with Gasteiger partial charge in [-0.2, -0.15) is 0 Å². The van der Waals surface area contributed by atoms with Crippen LogP contribution in [0, 0.1) is 39.9 Å². The molecule has 1 spiro atoms. The third kappa shape index (κ3) is 4.14. The first-order chi connectivity index (χ1) is 21.1. The zero-order chi connectivity index (χ0) is 32.9. The SMILES string of the molecule is C/C=C(\C)C(=O)O[C@@H]1[C@H]2C(=O)[C@](C)([C@H]3CC[C@]4(C)[C@@H](CC(=O)O[C@H]4c4ccco4)[C@]34O[C@H]24)[C@@H]([C@@H](OC(C)=O)C(=O)OC)C1(C)C. The summed E-state index contributed by atoms with van der Waals surface area (Å²) in [6.45, 7) is 12.1. The Morgan fingerprint density at radius 1 is 1.09 bits per heavy atom. The smallest absolute Gasteiger partial charge is 0.347 e. The van der Waals surface area contributed by atoms with Crippen LogP contribution >= 0.6 is 0 Å². The van der Waals surface area contributed by atoms with Gasteiger partial charge < -0.3 is 28.1 Å². The van der Waals surface area contributed by atoms with Crippen molar-refractivity contribution >= 4 is 29.7 Å². The van der Waals surface area contributed by atoms with E-state index in [1.165, 1.54) is 14.0 Å². The van der Waals surface area contributed by atoms with Gasteiger partial charge in [0.05, 0.1) is 25.7 Å². The Labute approximate surface area is 262 Å². The van der Waals surface area contributed by atoms with Crippen LogP contribution in [0.2, 0.25) is 0 Å². The van der Waals surface area contributed by atoms with E-state index in [0.29, 0.717) is 24.2 Å². The number of ketones is 1. The average Bonchev–Trinajstić information content (AvgIpc) is 3.43. The molecule has 1 aromatic rings. The molecule has 45 heavy (non-hydrogen) atoms. The van der Waals surface area contributed by atoms with Crippen molar-refractivity contribution < 1.29 is 52.1 Å². The molecule has 244 valence electrons. The average molecular weight is 627 g/mol. The van der Waals surface area contributed by atoms with Gasteiger partial charge in [-0.3, -0.25) is 14.4 Å². The second kappa shape index (κ2) is 10.3. The highest BCUT2D eigenvalue weighted by molar-refractivity contribution is 5.95. The Kier molecular flexibility index (Phi) is 7.19. The van der Waals surface area contributed by atoms with Crippen molar-refractivity contribution in [3.8, 4) is 0 Å². The highest BCUT2D eigenvalue weighted by Gasteiger charge is 2.87. The van der Waals surface area contributed by atoms with Crippen molar-refractivity contribution in [2.24, 2.45) is 39.9 Å². The van der Waals surface area contributed by atoms with E-state index >= 15 is 0 Å². The van der Waals surface area contributed by atoms with Crippen LogP contribution in [0.25, 0.3) is 0 Å². The number of Topliss-reactive ketones (excluding diaryl/α,β-unsaturated/α-hetero) is 1. The summed E-state index contributed by atoms with van der Waals surface area (Å²) in [5, 5.41) is 0. The van der Waals surface area contributed by atoms with E-state index < -0.39 is 87.9 Å². The summed E-state index contributed by atoms with van der Waals surface area (Å²) in [4.78, 5) is 67.4. The monoisotopic (exact) mass is 626 g/mol. The number of esters is 4. The molecule has 1 aromatic heterocycles. The molecule has 0 amide bonds. The van der Waals surface area contributed by atoms with Crippen molar-refractivity contribution in [2.45, 2.75) is 97.7 Å². The summed E-state index contributed by atoms with van der Waals surface area (Å²) in [5.74, 6) is -4.85. The first-order valence-electron chi connectivity index (χ1n) is 15.6. The fourth-order valence-corrected chi connectivity index (χ4v) is 10.0. The van der Waals surface area contributed by atoms with Gasteiger partial charge in [-0.25, -0.2) is 9.59 Å². The molecule has 3 heterocycles. The second-order valence-electron chi connectivity index (χ2n) is 14.5. The summed E-state index contributed by atoms with van der Waals surface area (Å²) in [6.07, 6.45) is 0.525. The second-order valence-corrected chi connectivity index (χ2v) is 14.5. The van der Waals surface area contributed by atoms with Crippen LogP contribution in [0.15, 0.2) is 34.5 Å². The predicted molar refractivity (Wildman–Crippen MR) is 155 cm³/mol. The minimum atomic E-state index is -1.46. The van der Waals surface area contributed by atoms with Gasteiger partial charge in [-0.1, -0.05) is 33.8 Å². The molecular formula is C34H42O11. The molecule has 0 radical (unpaired) electrons. The van der Waals surface area contributed by atoms with E-state index in [1.54, 1.807) is 38.3 Å². The van der Waals surface area contributed by atoms with Crippen LogP contribution in [0.4, 0.5) is 0 Å². The van der Waals surface area contributed by atoms with Gasteiger partial charge in [0.1, 0.15) is 29.4 Å². The fourth-order valence-electron chi connectivity index (χ4n) is 10.0. The van der Waals surface area contributed by atoms with Gasteiger partial charge in [0, 0.05) is 46.5 Å². The molecule has 3 aliphatic carbocycles. The molecule has 0 aromatic carbocycles. The molecule has 0 N–H and O–H groups in total. The summed E-state index contributed by atoms with van der Waals surface area (Å²) in [6, 6.07) is 3.54. The zero-order valence-corrected chi connectivity index (χ0v) is 27.0. The molecule has 11 heteroatoms. The molecule has 11 nitrogen and oxygen atoms in total. The maximum Gasteiger partial charge on any atom is 0.347 e. The van der Waals surface area contributed by atoms with Crippen molar-refractivity contribution in [1.29, 1.82) is 0 Å². The van der Waals surface area contributed by atoms with E-state index in [-0.39, 0.29) is 18.1 Å². The first-order valence-corrected chi connectivity index (χ1v) is 15.6. The van der Waals surface area contributed by atoms with Crippen LogP contribution in [0.3, 0.4) is 0 Å². The number of rotatable bonds is 6. The third-order valence-corrected chi connectivity index (χ3v) is 12.0. The highest BCUT2D eigenvalue weighted by Crippen LogP contribution is 2.77. The van der Waals surface area contributed by atoms with Crippen LogP contribution in [0.1, 0.15) is 79.6 Å². The number of fused-ring (bicyclic) bond motifs is 5. The number of allylic oxidation sites excluding steroid dienone is 1. The Morgan fingerprint density at radius 2 is 1.80 bits per heavy atom. The standard InChI is InChI=1S/C34H42O11/c1-9-16(2)29(38)44-27-22-25(37)33(7,24(31(27,4)5)23(30(39)40-8)42-17(3)35)19-12-13-32(6)20(34(19)28(22)45-34)15-21(36)43-26(32)18-11-10-14-41-18/h9-11,14,19-20,22-24,26-28H,12-13,15H2,1-8H3/b16-9+/t19-,20-,22-,23-,24+,26+,27-,28-,32-,33-,34-/m1/s1. The van der Waals surface area contributed by atoms with Crippen LogP contribution in [-0.4, -0.2) is 60.7 Å². The largest absolute Gasteiger partial charge is 0.466 e. The lowest BCUT2D eigenvalue weighted by Gasteiger charge is -2.65. The third-order valence-electron chi connectivity index (χ3n) is 12.0. The van der Waals surface area contributed by atoms with Gasteiger partial charge in [-0.15, -0.1) is 0 Å². The number of epoxide rings is 1. The number of cyclic esters (lactones) is 1. The Hall–Kier alpha value is -3.47. The number of methoxy groups -OCH3 is 1. The van der Waals surface area contributed by atoms with E-state index in [2.05, 4.69) is 6.92 Å². The first kappa shape index (κ1) is 31.5. The fraction of sp³-hybridized carbons (Fsp3) is 0.676. The van der Waals surface area contributed by atoms with Crippen molar-refractivity contribution in [3.63, 3.8) is 0 Å². The molecule has 6 rings (SSSR count). The van der Waals surface area contributed by atoms with Gasteiger partial charge in [0.15, 0.2) is 6.10 Å². The lowest BCUT2D eigenvalue weighted by Crippen LogP contribution is -2.74. The van der Waals surface area contributed by atoms with E-state index in [9.17, 15) is 24.0 Å². The molecule has 2 saturated heterocycles. The molecule has 2 aliphatic heterocycles. The van der Waals surface area contributed by atoms with Crippen molar-refractivity contribution in [3.05, 3.63) is 35.8 Å². The minimum Gasteiger partial charge on any atom is -0.466 e. The lowest BCUT2D eigenvalue weighted by molar-refractivity contribution is -0.235. The number of carbonyl (C=O) groups excluding carboxylic acids is 5. The number of ether oxygens (including phenoxy) is 5. The Bertz CT molecular complexity index is 1470. The number of carbonyl (C=O) groups is 5. The highest BCUT2D eigenvalue weighted by atomic mass is 16.6. The molecule has 5 aliphatic rings. The molecule has 3 saturated carbocycles. The molecular weight excluding hydrogens is 584 g/mol. The normalized spacial score (nSPS) is 41.8. The summed E-state index contributed by atoms with van der Waals surface area (Å²) in [7, 11) is 1.20. The maximum atomic E-state index is 14.9. The summed E-state index contributed by atoms with van der Waals surface area (Å²) >= 11 is 0. The quantitative estimate of drug-likeness (QED) is 0.193. The molecule has 11 atom stereocenters. The summed E-state index contributed by atoms with van der Waals surface area (Å²) in [5.41, 5.74) is -3.55. The lowest BCUT2D eigenvalue weighted by atomic mass is 9.37. The van der Waals surface area contributed by atoms with Crippen LogP contribution in [0.5, 0.6) is 0 Å². The zero-order valence-electron chi connectivity index (χ0n) is 27.0. The summed E-state index contributed by atoms with van der Waals surface area (Å²) < 4.78 is 35.5. The van der Waals surface area contributed by atoms with Crippen LogP contribution in [-0.2, 0) is 47.7 Å². The van der Waals surface area contributed by atoms with Crippen molar-refractivity contribution in [2.75, 3.05) is 7.11 Å². The number of hydrogen-bond donors (Lipinski definition) is 0. The van der Waals surface area contributed by atoms with E-state index in [1.807, 2.05) is 20.8 Å². The van der Waals surface area contributed by atoms with E-state index in [0.717, 1.165) is 0 Å². The van der Waals surface area contributed by atoms with Gasteiger partial charge in [0.2, 0.25) is 6.10 Å². The molecule has 0 unspecified atom stereocenters. The van der Waals surface area contributed by atoms with Crippen molar-refractivity contribution in [1.82, 2.24) is 0 Å². The minimum absolute atomic E-state index is 0.0677. The Balaban J connectivity index is 1.54. The van der Waals surface area contributed by atoms with E-state index in [4.69, 9.17) is 28.1 Å². The number of furan rings is 1. The van der Waals surface area contributed by atoms with Crippen LogP contribution < -0.4 is 0 Å². The van der Waals surface area contributed by atoms with Gasteiger partial charge in [0.25, 0.3) is 0 Å². The maximum absolute atomic E-state index is 14.9. The Morgan fingerprint density at radius 3 is 2.40 bits per heavy atom.